The molecule has 2 atom stereocenters. The van der Waals surface area contributed by atoms with Gasteiger partial charge in [0.1, 0.15) is 0 Å². The molecule has 1 heteroatoms. The van der Waals surface area contributed by atoms with Gasteiger partial charge in [-0.05, 0) is 146 Å². The molecule has 4 aromatic rings. The number of likely N-dealkylation sites (N-methyl/N-ethyl adjacent to an activating group) is 1. The summed E-state index contributed by atoms with van der Waals surface area (Å²) in [4.78, 5) is 2.44. The van der Waals surface area contributed by atoms with Crippen molar-refractivity contribution in [3.05, 3.63) is 208 Å². The highest BCUT2D eigenvalue weighted by atomic mass is 15.2. The van der Waals surface area contributed by atoms with Crippen molar-refractivity contribution < 1.29 is 0 Å². The molecule has 0 aromatic heterocycles. The Morgan fingerprint density at radius 1 is 0.698 bits per heavy atom. The van der Waals surface area contributed by atoms with Crippen LogP contribution in [0.1, 0.15) is 89.6 Å². The molecule has 0 saturated heterocycles. The molecule has 53 heavy (non-hydrogen) atoms. The third-order valence-electron chi connectivity index (χ3n) is 12.4. The summed E-state index contributed by atoms with van der Waals surface area (Å²) >= 11 is 0. The van der Waals surface area contributed by atoms with Crippen LogP contribution in [0.4, 0.5) is 5.69 Å². The predicted molar refractivity (Wildman–Crippen MR) is 228 cm³/mol. The zero-order valence-electron chi connectivity index (χ0n) is 32.5. The SMILES string of the molecule is C=C(/C=C/C=C/C=C/C=C/C=C1/N(C)c2ccc3c(c2C1(C)Cc1ccccc1)CCCC3)C(C)(Cc1ccccc1)c1c(C)ccc2c1CCCC2. The largest absolute Gasteiger partial charge is 0.347 e. The summed E-state index contributed by atoms with van der Waals surface area (Å²) in [6, 6.07) is 31.4. The van der Waals surface area contributed by atoms with Crippen LogP contribution in [0.25, 0.3) is 0 Å². The highest BCUT2D eigenvalue weighted by Gasteiger charge is 2.44. The summed E-state index contributed by atoms with van der Waals surface area (Å²) < 4.78 is 0. The van der Waals surface area contributed by atoms with Crippen LogP contribution in [0.5, 0.6) is 0 Å². The predicted octanol–water partition coefficient (Wildman–Crippen LogP) is 12.6. The van der Waals surface area contributed by atoms with Gasteiger partial charge in [0, 0.05) is 29.3 Å². The summed E-state index contributed by atoms with van der Waals surface area (Å²) in [6.07, 6.45) is 31.4. The van der Waals surface area contributed by atoms with Crippen LogP contribution in [0.2, 0.25) is 0 Å². The maximum absolute atomic E-state index is 4.71. The van der Waals surface area contributed by atoms with Crippen LogP contribution in [-0.2, 0) is 49.4 Å². The molecule has 2 unspecified atom stereocenters. The van der Waals surface area contributed by atoms with Gasteiger partial charge in [0.15, 0.2) is 0 Å². The zero-order chi connectivity index (χ0) is 36.8. The lowest BCUT2D eigenvalue weighted by Crippen LogP contribution is -2.30. The lowest BCUT2D eigenvalue weighted by Gasteiger charge is -2.37. The van der Waals surface area contributed by atoms with Crippen LogP contribution >= 0.6 is 0 Å². The van der Waals surface area contributed by atoms with Gasteiger partial charge in [0.05, 0.1) is 0 Å². The number of nitrogens with zero attached hydrogens (tertiary/aromatic N) is 1. The minimum absolute atomic E-state index is 0.0815. The number of allylic oxidation sites excluding steroid dienone is 11. The highest BCUT2D eigenvalue weighted by molar-refractivity contribution is 5.74. The fourth-order valence-electron chi connectivity index (χ4n) is 9.72. The van der Waals surface area contributed by atoms with E-state index in [2.05, 4.69) is 172 Å². The Bertz CT molecular complexity index is 2090. The second-order valence-corrected chi connectivity index (χ2v) is 16.0. The molecule has 0 N–H and O–H groups in total. The molecule has 1 aliphatic heterocycles. The van der Waals surface area contributed by atoms with Crippen LogP contribution in [0.15, 0.2) is 157 Å². The Kier molecular flexibility index (Phi) is 11.0. The van der Waals surface area contributed by atoms with Crippen LogP contribution in [-0.4, -0.2) is 7.05 Å². The maximum Gasteiger partial charge on any atom is 0.0451 e. The standard InChI is InChI=1S/C52H57N/c1-39-33-34-43-28-19-21-30-45(43)49(39)51(3,37-41-24-14-11-15-25-41)40(2)23-13-9-7-6-8-10-18-32-48-52(4,38-42-26-16-12-17-27-42)50-46-31-22-20-29-44(46)35-36-47(50)53(48)5/h6-18,23-27,32-36H,2,19-22,28-31,37-38H2,1,3-5H3/b8-6+,9-7+,18-10+,23-13+,48-32+. The quantitative estimate of drug-likeness (QED) is 0.141. The van der Waals surface area contributed by atoms with Gasteiger partial charge < -0.3 is 4.90 Å². The van der Waals surface area contributed by atoms with Gasteiger partial charge in [-0.25, -0.2) is 0 Å². The van der Waals surface area contributed by atoms with Crippen LogP contribution < -0.4 is 4.90 Å². The third-order valence-corrected chi connectivity index (χ3v) is 12.4. The van der Waals surface area contributed by atoms with Crippen molar-refractivity contribution in [3.63, 3.8) is 0 Å². The van der Waals surface area contributed by atoms with Gasteiger partial charge in [-0.2, -0.15) is 0 Å². The normalized spacial score (nSPS) is 20.4. The second kappa shape index (κ2) is 16.0. The molecular formula is C52H57N. The van der Waals surface area contributed by atoms with E-state index in [1.165, 1.54) is 90.6 Å². The molecular weight excluding hydrogens is 639 g/mol. The number of hydrogen-bond donors (Lipinski definition) is 0. The summed E-state index contributed by atoms with van der Waals surface area (Å²) in [6.45, 7) is 11.9. The number of rotatable bonds is 11. The van der Waals surface area contributed by atoms with Gasteiger partial charge in [0.2, 0.25) is 0 Å². The molecule has 3 aliphatic rings. The molecule has 0 saturated carbocycles. The van der Waals surface area contributed by atoms with E-state index in [1.807, 2.05) is 0 Å². The van der Waals surface area contributed by atoms with E-state index in [9.17, 15) is 0 Å². The van der Waals surface area contributed by atoms with Crippen LogP contribution in [0, 0.1) is 6.92 Å². The molecule has 4 aromatic carbocycles. The van der Waals surface area contributed by atoms with Crippen molar-refractivity contribution in [3.8, 4) is 0 Å². The highest BCUT2D eigenvalue weighted by Crippen LogP contribution is 2.52. The molecule has 0 fully saturated rings. The van der Waals surface area contributed by atoms with Crippen molar-refractivity contribution in [2.75, 3.05) is 11.9 Å². The van der Waals surface area contributed by atoms with Crippen molar-refractivity contribution >= 4 is 5.69 Å². The molecule has 0 amide bonds. The van der Waals surface area contributed by atoms with E-state index in [1.54, 1.807) is 22.3 Å². The molecule has 0 spiro atoms. The first kappa shape index (κ1) is 36.5. The Morgan fingerprint density at radius 3 is 1.96 bits per heavy atom. The summed E-state index contributed by atoms with van der Waals surface area (Å²) in [5.74, 6) is 0. The van der Waals surface area contributed by atoms with E-state index in [0.717, 1.165) is 18.4 Å². The average Bonchev–Trinajstić information content (AvgIpc) is 3.39. The van der Waals surface area contributed by atoms with Crippen molar-refractivity contribution in [1.29, 1.82) is 0 Å². The third kappa shape index (κ3) is 7.50. The first-order valence-corrected chi connectivity index (χ1v) is 20.0. The van der Waals surface area contributed by atoms with Gasteiger partial charge >= 0.3 is 0 Å². The van der Waals surface area contributed by atoms with Gasteiger partial charge in [0.25, 0.3) is 0 Å². The first-order valence-electron chi connectivity index (χ1n) is 20.0. The van der Waals surface area contributed by atoms with E-state index in [0.29, 0.717) is 0 Å². The summed E-state index contributed by atoms with van der Waals surface area (Å²) in [5, 5.41) is 0. The van der Waals surface area contributed by atoms with Crippen molar-refractivity contribution in [2.24, 2.45) is 0 Å². The molecule has 1 nitrogen and oxygen atoms in total. The number of aryl methyl sites for hydroxylation is 3. The van der Waals surface area contributed by atoms with E-state index in [4.69, 9.17) is 6.58 Å². The lowest BCUT2D eigenvalue weighted by atomic mass is 9.67. The molecule has 0 bridgehead atoms. The average molecular weight is 696 g/mol. The van der Waals surface area contributed by atoms with Crippen LogP contribution in [0.3, 0.4) is 0 Å². The molecule has 270 valence electrons. The minimum atomic E-state index is -0.189. The minimum Gasteiger partial charge on any atom is -0.347 e. The van der Waals surface area contributed by atoms with E-state index >= 15 is 0 Å². The van der Waals surface area contributed by atoms with E-state index < -0.39 is 0 Å². The second-order valence-electron chi connectivity index (χ2n) is 16.0. The Balaban J connectivity index is 1.08. The molecule has 2 aliphatic carbocycles. The van der Waals surface area contributed by atoms with Gasteiger partial charge in [-0.15, -0.1) is 0 Å². The zero-order valence-corrected chi connectivity index (χ0v) is 32.5. The maximum atomic E-state index is 4.71. The lowest BCUT2D eigenvalue weighted by molar-refractivity contribution is 0.547. The Labute approximate surface area is 319 Å². The number of hydrogen-bond acceptors (Lipinski definition) is 1. The summed E-state index contributed by atoms with van der Waals surface area (Å²) in [7, 11) is 2.25. The van der Waals surface area contributed by atoms with Gasteiger partial charge in [-0.3, -0.25) is 0 Å². The van der Waals surface area contributed by atoms with E-state index in [-0.39, 0.29) is 10.8 Å². The fourth-order valence-corrected chi connectivity index (χ4v) is 9.72. The number of benzene rings is 4. The van der Waals surface area contributed by atoms with Gasteiger partial charge in [-0.1, -0.05) is 141 Å². The van der Waals surface area contributed by atoms with Crippen molar-refractivity contribution in [2.45, 2.75) is 95.8 Å². The number of fused-ring (bicyclic) bond motifs is 4. The fraction of sp³-hybridized carbons (Fsp3) is 0.308. The molecule has 1 heterocycles. The number of anilines is 1. The smallest absolute Gasteiger partial charge is 0.0451 e. The topological polar surface area (TPSA) is 3.24 Å². The Morgan fingerprint density at radius 2 is 1.26 bits per heavy atom. The van der Waals surface area contributed by atoms with Crippen molar-refractivity contribution in [1.82, 2.24) is 0 Å². The Hall–Kier alpha value is -4.88. The molecule has 0 radical (unpaired) electrons. The summed E-state index contributed by atoms with van der Waals surface area (Å²) in [5.41, 5.74) is 17.0. The monoisotopic (exact) mass is 695 g/mol. The first-order chi connectivity index (χ1) is 25.8. The molecule has 7 rings (SSSR count).